The van der Waals surface area contributed by atoms with Gasteiger partial charge in [0.25, 0.3) is 0 Å². The van der Waals surface area contributed by atoms with E-state index in [4.69, 9.17) is 10.3 Å². The fourth-order valence-corrected chi connectivity index (χ4v) is 4.16. The van der Waals surface area contributed by atoms with Crippen LogP contribution in [-0.2, 0) is 4.74 Å². The second-order valence-corrected chi connectivity index (χ2v) is 6.96. The molecular formula is C15H16F2N4O2S. The van der Waals surface area contributed by atoms with Gasteiger partial charge in [0.05, 0.1) is 18.8 Å². The molecule has 1 aromatic rings. The van der Waals surface area contributed by atoms with Crippen molar-refractivity contribution >= 4 is 23.5 Å². The maximum absolute atomic E-state index is 14.5. The van der Waals surface area contributed by atoms with Crippen molar-refractivity contribution in [2.24, 2.45) is 5.11 Å². The molecule has 0 bridgehead atoms. The van der Waals surface area contributed by atoms with E-state index in [1.807, 2.05) is 0 Å². The Morgan fingerprint density at radius 2 is 2.00 bits per heavy atom. The van der Waals surface area contributed by atoms with Gasteiger partial charge in [0.1, 0.15) is 17.7 Å². The van der Waals surface area contributed by atoms with Crippen LogP contribution in [0.15, 0.2) is 17.2 Å². The predicted molar refractivity (Wildman–Crippen MR) is 87.3 cm³/mol. The highest BCUT2D eigenvalue weighted by molar-refractivity contribution is 7.99. The zero-order valence-electron chi connectivity index (χ0n) is 12.8. The van der Waals surface area contributed by atoms with Crippen LogP contribution in [0.1, 0.15) is 24.3 Å². The van der Waals surface area contributed by atoms with Crippen LogP contribution in [0.25, 0.3) is 10.4 Å². The number of ether oxygens (including phenoxy) is 1. The number of rotatable bonds is 4. The van der Waals surface area contributed by atoms with Gasteiger partial charge in [-0.15, -0.1) is 0 Å². The average molecular weight is 354 g/mol. The van der Waals surface area contributed by atoms with Gasteiger partial charge in [-0.05, 0) is 47.9 Å². The van der Waals surface area contributed by atoms with Crippen LogP contribution in [-0.4, -0.2) is 36.8 Å². The van der Waals surface area contributed by atoms with E-state index in [0.29, 0.717) is 0 Å². The van der Waals surface area contributed by atoms with Crippen molar-refractivity contribution in [2.45, 2.75) is 24.9 Å². The van der Waals surface area contributed by atoms with Gasteiger partial charge in [-0.2, -0.15) is 11.8 Å². The summed E-state index contributed by atoms with van der Waals surface area (Å²) in [5, 5.41) is 3.35. The summed E-state index contributed by atoms with van der Waals surface area (Å²) in [6.45, 7) is 0.0810. The smallest absolute Gasteiger partial charge is 0.414 e. The molecule has 2 fully saturated rings. The van der Waals surface area contributed by atoms with E-state index < -0.39 is 23.8 Å². The highest BCUT2D eigenvalue weighted by Gasteiger charge is 2.33. The Labute approximate surface area is 141 Å². The summed E-state index contributed by atoms with van der Waals surface area (Å²) in [6.07, 6.45) is 0.179. The zero-order chi connectivity index (χ0) is 17.1. The first kappa shape index (κ1) is 16.9. The summed E-state index contributed by atoms with van der Waals surface area (Å²) < 4.78 is 34.0. The van der Waals surface area contributed by atoms with E-state index in [1.54, 1.807) is 11.8 Å². The van der Waals surface area contributed by atoms with E-state index in [0.717, 1.165) is 29.2 Å². The number of halogens is 2. The highest BCUT2D eigenvalue weighted by atomic mass is 32.2. The summed E-state index contributed by atoms with van der Waals surface area (Å²) in [7, 11) is 0. The van der Waals surface area contributed by atoms with Gasteiger partial charge in [-0.1, -0.05) is 5.11 Å². The Hall–Kier alpha value is -1.99. The minimum atomic E-state index is -0.700. The maximum Gasteiger partial charge on any atom is 0.414 e. The molecule has 0 aromatic heterocycles. The topological polar surface area (TPSA) is 78.3 Å². The van der Waals surface area contributed by atoms with Crippen LogP contribution in [0.5, 0.6) is 0 Å². The Kier molecular flexibility index (Phi) is 5.11. The number of nitrogens with zero attached hydrogens (tertiary/aromatic N) is 4. The van der Waals surface area contributed by atoms with E-state index >= 15 is 0 Å². The molecule has 24 heavy (non-hydrogen) atoms. The molecule has 2 aliphatic rings. The predicted octanol–water partition coefficient (Wildman–Crippen LogP) is 4.21. The molecule has 2 saturated heterocycles. The standard InChI is InChI=1S/C15H16F2N4O2S/c16-12-5-10(21-8-11(7-19-20-18)23-15(21)22)6-13(17)14(12)9-1-3-24-4-2-9/h5-6,9,11H,1-4,7-8H2/t11-/m0/s1. The van der Waals surface area contributed by atoms with E-state index in [2.05, 4.69) is 10.0 Å². The molecule has 1 atom stereocenters. The molecule has 1 amide bonds. The SMILES string of the molecule is [N-]=[N+]=NC[C@H]1CN(c2cc(F)c(C3CCSCC3)c(F)c2)C(=O)O1. The van der Waals surface area contributed by atoms with Gasteiger partial charge in [0.15, 0.2) is 0 Å². The molecule has 0 saturated carbocycles. The average Bonchev–Trinajstić information content (AvgIpc) is 2.94. The van der Waals surface area contributed by atoms with Crippen LogP contribution in [0.3, 0.4) is 0 Å². The number of thioether (sulfide) groups is 1. The van der Waals surface area contributed by atoms with Gasteiger partial charge in [0, 0.05) is 10.5 Å². The monoisotopic (exact) mass is 354 g/mol. The number of cyclic esters (lactones) is 1. The van der Waals surface area contributed by atoms with Crippen molar-refractivity contribution < 1.29 is 18.3 Å². The first-order chi connectivity index (χ1) is 11.6. The third kappa shape index (κ3) is 3.42. The summed E-state index contributed by atoms with van der Waals surface area (Å²) in [4.78, 5) is 15.6. The molecule has 0 radical (unpaired) electrons. The number of hydrogen-bond acceptors (Lipinski definition) is 4. The molecule has 2 heterocycles. The van der Waals surface area contributed by atoms with Crippen LogP contribution in [0, 0.1) is 11.6 Å². The molecule has 3 rings (SSSR count). The Morgan fingerprint density at radius 3 is 2.62 bits per heavy atom. The molecule has 1 aromatic carbocycles. The first-order valence-electron chi connectivity index (χ1n) is 7.66. The lowest BCUT2D eigenvalue weighted by molar-refractivity contribution is 0.145. The fourth-order valence-electron chi connectivity index (χ4n) is 3.06. The van der Waals surface area contributed by atoms with Crippen molar-refractivity contribution in [3.8, 4) is 0 Å². The van der Waals surface area contributed by atoms with Crippen molar-refractivity contribution in [1.29, 1.82) is 0 Å². The van der Waals surface area contributed by atoms with Crippen molar-refractivity contribution in [1.82, 2.24) is 0 Å². The highest BCUT2D eigenvalue weighted by Crippen LogP contribution is 2.36. The Balaban J connectivity index is 1.82. The van der Waals surface area contributed by atoms with Gasteiger partial charge < -0.3 is 4.74 Å². The second-order valence-electron chi connectivity index (χ2n) is 5.74. The van der Waals surface area contributed by atoms with E-state index in [9.17, 15) is 13.6 Å². The number of carbonyl (C=O) groups excluding carboxylic acids is 1. The molecule has 128 valence electrons. The molecule has 0 unspecified atom stereocenters. The third-order valence-electron chi connectivity index (χ3n) is 4.23. The van der Waals surface area contributed by atoms with Crippen molar-refractivity contribution in [2.75, 3.05) is 29.5 Å². The van der Waals surface area contributed by atoms with E-state index in [1.165, 1.54) is 12.1 Å². The number of hydrogen-bond donors (Lipinski definition) is 0. The van der Waals surface area contributed by atoms with Crippen LogP contribution in [0.4, 0.5) is 19.3 Å². The molecule has 2 aliphatic heterocycles. The number of amides is 1. The number of carbonyl (C=O) groups is 1. The quantitative estimate of drug-likeness (QED) is 0.461. The van der Waals surface area contributed by atoms with Crippen molar-refractivity contribution in [3.63, 3.8) is 0 Å². The van der Waals surface area contributed by atoms with Gasteiger partial charge in [-0.3, -0.25) is 4.90 Å². The minimum Gasteiger partial charge on any atom is -0.444 e. The Morgan fingerprint density at radius 1 is 1.33 bits per heavy atom. The molecule has 9 heteroatoms. The largest absolute Gasteiger partial charge is 0.444 e. The molecule has 0 N–H and O–H groups in total. The number of benzene rings is 1. The third-order valence-corrected chi connectivity index (χ3v) is 5.28. The molecular weight excluding hydrogens is 338 g/mol. The lowest BCUT2D eigenvalue weighted by Gasteiger charge is -2.23. The summed E-state index contributed by atoms with van der Waals surface area (Å²) >= 11 is 1.79. The fraction of sp³-hybridized carbons (Fsp3) is 0.533. The maximum atomic E-state index is 14.5. The van der Waals surface area contributed by atoms with Crippen molar-refractivity contribution in [3.05, 3.63) is 39.8 Å². The van der Waals surface area contributed by atoms with Gasteiger partial charge in [0.2, 0.25) is 0 Å². The van der Waals surface area contributed by atoms with Crippen LogP contribution < -0.4 is 4.90 Å². The zero-order valence-corrected chi connectivity index (χ0v) is 13.6. The van der Waals surface area contributed by atoms with Crippen LogP contribution >= 0.6 is 11.8 Å². The number of azide groups is 1. The first-order valence-corrected chi connectivity index (χ1v) is 8.81. The normalized spacial score (nSPS) is 21.5. The lowest BCUT2D eigenvalue weighted by atomic mass is 9.92. The van der Waals surface area contributed by atoms with E-state index in [-0.39, 0.29) is 30.3 Å². The lowest BCUT2D eigenvalue weighted by Crippen LogP contribution is -2.25. The molecule has 6 nitrogen and oxygen atoms in total. The molecule has 0 spiro atoms. The van der Waals surface area contributed by atoms with Crippen LogP contribution in [0.2, 0.25) is 0 Å². The van der Waals surface area contributed by atoms with Gasteiger partial charge in [-0.25, -0.2) is 13.6 Å². The molecule has 0 aliphatic carbocycles. The summed E-state index contributed by atoms with van der Waals surface area (Å²) in [5.41, 5.74) is 8.53. The van der Waals surface area contributed by atoms with Gasteiger partial charge >= 0.3 is 6.09 Å². The second kappa shape index (κ2) is 7.27. The summed E-state index contributed by atoms with van der Waals surface area (Å²) in [5.74, 6) is 0.403. The Bertz CT molecular complexity index is 667. The number of anilines is 1. The summed E-state index contributed by atoms with van der Waals surface area (Å²) in [6, 6.07) is 2.36. The minimum absolute atomic E-state index is 0.0124.